The Labute approximate surface area is 105 Å². The first-order chi connectivity index (χ1) is 8.70. The van der Waals surface area contributed by atoms with Crippen LogP contribution in [0, 0.1) is 6.92 Å². The molecule has 5 heteroatoms. The van der Waals surface area contributed by atoms with Crippen molar-refractivity contribution in [3.05, 3.63) is 53.5 Å². The summed E-state index contributed by atoms with van der Waals surface area (Å²) in [5.41, 5.74) is 7.63. The van der Waals surface area contributed by atoms with Gasteiger partial charge in [-0.25, -0.2) is 4.98 Å². The van der Waals surface area contributed by atoms with Crippen LogP contribution in [0.5, 0.6) is 0 Å². The number of hydrogen-bond donors (Lipinski definition) is 2. The van der Waals surface area contributed by atoms with Gasteiger partial charge < -0.3 is 11.1 Å². The Morgan fingerprint density at radius 3 is 2.78 bits per heavy atom. The predicted octanol–water partition coefficient (Wildman–Crippen LogP) is 1.50. The number of nitrogens with zero attached hydrogens (tertiary/aromatic N) is 2. The molecule has 0 aliphatic carbocycles. The van der Waals surface area contributed by atoms with Gasteiger partial charge in [-0.2, -0.15) is 0 Å². The van der Waals surface area contributed by atoms with E-state index in [9.17, 15) is 4.79 Å². The second kappa shape index (κ2) is 5.37. The van der Waals surface area contributed by atoms with Gasteiger partial charge >= 0.3 is 0 Å². The molecular formula is C13H14N4O. The smallest absolute Gasteiger partial charge is 0.258 e. The number of carbonyl (C=O) groups is 1. The van der Waals surface area contributed by atoms with Crippen molar-refractivity contribution in [2.75, 3.05) is 5.32 Å². The summed E-state index contributed by atoms with van der Waals surface area (Å²) in [4.78, 5) is 20.2. The Balaban J connectivity index is 2.14. The Bertz CT molecular complexity index is 551. The number of aryl methyl sites for hydroxylation is 1. The normalized spacial score (nSPS) is 10.1. The fourth-order valence-corrected chi connectivity index (χ4v) is 1.53. The van der Waals surface area contributed by atoms with Crippen LogP contribution in [0.2, 0.25) is 0 Å². The molecule has 0 fully saturated rings. The van der Waals surface area contributed by atoms with Crippen molar-refractivity contribution in [1.29, 1.82) is 0 Å². The van der Waals surface area contributed by atoms with Crippen molar-refractivity contribution in [2.45, 2.75) is 13.5 Å². The standard InChI is InChI=1S/C13H14N4O/c1-9-11(3-2-6-15-9)13(18)17-12-5-4-10(7-14)8-16-12/h2-6,8H,7,14H2,1H3,(H,16,17,18). The topological polar surface area (TPSA) is 80.9 Å². The number of anilines is 1. The van der Waals surface area contributed by atoms with Gasteiger partial charge in [0.05, 0.1) is 5.56 Å². The van der Waals surface area contributed by atoms with Gasteiger partial charge in [-0.1, -0.05) is 6.07 Å². The van der Waals surface area contributed by atoms with E-state index in [1.807, 2.05) is 6.07 Å². The molecule has 2 rings (SSSR count). The fraction of sp³-hybridized carbons (Fsp3) is 0.154. The van der Waals surface area contributed by atoms with Gasteiger partial charge in [0.1, 0.15) is 5.82 Å². The second-order valence-electron chi connectivity index (χ2n) is 3.85. The first kappa shape index (κ1) is 12.2. The molecule has 92 valence electrons. The third-order valence-electron chi connectivity index (χ3n) is 2.55. The molecule has 0 saturated carbocycles. The Hall–Kier alpha value is -2.27. The van der Waals surface area contributed by atoms with E-state index in [0.29, 0.717) is 23.6 Å². The molecular weight excluding hydrogens is 228 g/mol. The summed E-state index contributed by atoms with van der Waals surface area (Å²) in [6.07, 6.45) is 3.30. The number of aromatic nitrogens is 2. The van der Waals surface area contributed by atoms with Crippen LogP contribution in [-0.2, 0) is 6.54 Å². The van der Waals surface area contributed by atoms with E-state index in [0.717, 1.165) is 5.56 Å². The van der Waals surface area contributed by atoms with Gasteiger partial charge in [-0.05, 0) is 30.7 Å². The maximum Gasteiger partial charge on any atom is 0.258 e. The third-order valence-corrected chi connectivity index (χ3v) is 2.55. The van der Waals surface area contributed by atoms with E-state index >= 15 is 0 Å². The monoisotopic (exact) mass is 242 g/mol. The molecule has 1 amide bonds. The average molecular weight is 242 g/mol. The van der Waals surface area contributed by atoms with Crippen molar-refractivity contribution in [3.8, 4) is 0 Å². The maximum absolute atomic E-state index is 12.0. The van der Waals surface area contributed by atoms with E-state index in [-0.39, 0.29) is 5.91 Å². The van der Waals surface area contributed by atoms with Crippen molar-refractivity contribution in [1.82, 2.24) is 9.97 Å². The van der Waals surface area contributed by atoms with E-state index in [2.05, 4.69) is 15.3 Å². The van der Waals surface area contributed by atoms with Crippen LogP contribution < -0.4 is 11.1 Å². The molecule has 3 N–H and O–H groups in total. The highest BCUT2D eigenvalue weighted by atomic mass is 16.1. The zero-order valence-corrected chi connectivity index (χ0v) is 10.1. The lowest BCUT2D eigenvalue weighted by Crippen LogP contribution is -2.15. The molecule has 0 aliphatic rings. The Morgan fingerprint density at radius 1 is 1.33 bits per heavy atom. The highest BCUT2D eigenvalue weighted by Crippen LogP contribution is 2.09. The van der Waals surface area contributed by atoms with Gasteiger partial charge in [0, 0.05) is 24.6 Å². The third kappa shape index (κ3) is 2.70. The predicted molar refractivity (Wildman–Crippen MR) is 69.1 cm³/mol. The first-order valence-electron chi connectivity index (χ1n) is 5.58. The van der Waals surface area contributed by atoms with Crippen LogP contribution in [-0.4, -0.2) is 15.9 Å². The molecule has 0 radical (unpaired) electrons. The summed E-state index contributed by atoms with van der Waals surface area (Å²) in [7, 11) is 0. The first-order valence-corrected chi connectivity index (χ1v) is 5.58. The molecule has 0 unspecified atom stereocenters. The van der Waals surface area contributed by atoms with Crippen LogP contribution in [0.1, 0.15) is 21.6 Å². The van der Waals surface area contributed by atoms with Crippen molar-refractivity contribution < 1.29 is 4.79 Å². The molecule has 0 aliphatic heterocycles. The lowest BCUT2D eigenvalue weighted by Gasteiger charge is -2.06. The number of nitrogens with two attached hydrogens (primary N) is 1. The van der Waals surface area contributed by atoms with Gasteiger partial charge in [-0.3, -0.25) is 9.78 Å². The maximum atomic E-state index is 12.0. The molecule has 0 bridgehead atoms. The molecule has 2 aromatic heterocycles. The summed E-state index contributed by atoms with van der Waals surface area (Å²) in [6.45, 7) is 2.23. The quantitative estimate of drug-likeness (QED) is 0.854. The summed E-state index contributed by atoms with van der Waals surface area (Å²) in [5, 5.41) is 2.72. The Kier molecular flexibility index (Phi) is 3.64. The van der Waals surface area contributed by atoms with E-state index in [1.54, 1.807) is 37.5 Å². The SMILES string of the molecule is Cc1ncccc1C(=O)Nc1ccc(CN)cn1. The van der Waals surface area contributed by atoms with Crippen molar-refractivity contribution >= 4 is 11.7 Å². The average Bonchev–Trinajstić information content (AvgIpc) is 2.40. The summed E-state index contributed by atoms with van der Waals surface area (Å²) in [5.74, 6) is 0.286. The summed E-state index contributed by atoms with van der Waals surface area (Å²) < 4.78 is 0. The number of rotatable bonds is 3. The van der Waals surface area contributed by atoms with Crippen LogP contribution in [0.3, 0.4) is 0 Å². The van der Waals surface area contributed by atoms with E-state index < -0.39 is 0 Å². The van der Waals surface area contributed by atoms with Crippen molar-refractivity contribution in [3.63, 3.8) is 0 Å². The minimum Gasteiger partial charge on any atom is -0.326 e. The lowest BCUT2D eigenvalue weighted by atomic mass is 10.2. The van der Waals surface area contributed by atoms with Gasteiger partial charge in [-0.15, -0.1) is 0 Å². The molecule has 2 heterocycles. The number of carbonyl (C=O) groups excluding carboxylic acids is 1. The molecule has 0 atom stereocenters. The van der Waals surface area contributed by atoms with Gasteiger partial charge in [0.2, 0.25) is 0 Å². The van der Waals surface area contributed by atoms with Crippen LogP contribution in [0.15, 0.2) is 36.7 Å². The number of hydrogen-bond acceptors (Lipinski definition) is 4. The van der Waals surface area contributed by atoms with E-state index in [4.69, 9.17) is 5.73 Å². The zero-order valence-electron chi connectivity index (χ0n) is 10.1. The Morgan fingerprint density at radius 2 is 2.17 bits per heavy atom. The molecule has 5 nitrogen and oxygen atoms in total. The highest BCUT2D eigenvalue weighted by Gasteiger charge is 2.09. The molecule has 2 aromatic rings. The summed E-state index contributed by atoms with van der Waals surface area (Å²) >= 11 is 0. The number of pyridine rings is 2. The van der Waals surface area contributed by atoms with Crippen molar-refractivity contribution in [2.24, 2.45) is 5.73 Å². The summed E-state index contributed by atoms with van der Waals surface area (Å²) in [6, 6.07) is 7.02. The minimum absolute atomic E-state index is 0.214. The minimum atomic E-state index is -0.214. The van der Waals surface area contributed by atoms with Crippen LogP contribution in [0.25, 0.3) is 0 Å². The second-order valence-corrected chi connectivity index (χ2v) is 3.85. The largest absolute Gasteiger partial charge is 0.326 e. The molecule has 0 saturated heterocycles. The van der Waals surface area contributed by atoms with Gasteiger partial charge in [0.15, 0.2) is 0 Å². The van der Waals surface area contributed by atoms with E-state index in [1.165, 1.54) is 0 Å². The number of amides is 1. The van der Waals surface area contributed by atoms with Crippen LogP contribution >= 0.6 is 0 Å². The van der Waals surface area contributed by atoms with Gasteiger partial charge in [0.25, 0.3) is 5.91 Å². The molecule has 0 aromatic carbocycles. The molecule has 18 heavy (non-hydrogen) atoms. The molecule has 0 spiro atoms. The zero-order chi connectivity index (χ0) is 13.0. The fourth-order valence-electron chi connectivity index (χ4n) is 1.53. The number of nitrogens with one attached hydrogen (secondary N) is 1. The highest BCUT2D eigenvalue weighted by molar-refractivity contribution is 6.04. The van der Waals surface area contributed by atoms with Crippen LogP contribution in [0.4, 0.5) is 5.82 Å². The lowest BCUT2D eigenvalue weighted by molar-refractivity contribution is 0.102.